The summed E-state index contributed by atoms with van der Waals surface area (Å²) >= 11 is 6.00. The van der Waals surface area contributed by atoms with E-state index in [1.165, 1.54) is 0 Å². The molecule has 2 rings (SSSR count). The van der Waals surface area contributed by atoms with Gasteiger partial charge < -0.3 is 4.57 Å². The van der Waals surface area contributed by atoms with Gasteiger partial charge in [-0.25, -0.2) is 4.98 Å². The van der Waals surface area contributed by atoms with Crippen LogP contribution >= 0.6 is 11.6 Å². The topological polar surface area (TPSA) is 17.8 Å². The summed E-state index contributed by atoms with van der Waals surface area (Å²) in [5, 5.41) is 0.784. The van der Waals surface area contributed by atoms with E-state index in [0.717, 1.165) is 16.3 Å². The molecule has 1 aromatic carbocycles. The van der Waals surface area contributed by atoms with E-state index in [4.69, 9.17) is 11.6 Å². The third kappa shape index (κ3) is 1.58. The van der Waals surface area contributed by atoms with Crippen molar-refractivity contribution in [3.05, 3.63) is 47.5 Å². The van der Waals surface area contributed by atoms with Crippen molar-refractivity contribution in [3.8, 4) is 5.69 Å². The normalized spacial score (nSPS) is 10.3. The lowest BCUT2D eigenvalue weighted by Gasteiger charge is -2.03. The molecule has 0 N–H and O–H groups in total. The zero-order chi connectivity index (χ0) is 9.26. The number of rotatable bonds is 1. The Balaban J connectivity index is 2.49. The number of aromatic nitrogens is 2. The van der Waals surface area contributed by atoms with E-state index in [1.807, 2.05) is 35.9 Å². The van der Waals surface area contributed by atoms with Crippen LogP contribution in [0.5, 0.6) is 0 Å². The van der Waals surface area contributed by atoms with E-state index in [9.17, 15) is 0 Å². The summed E-state index contributed by atoms with van der Waals surface area (Å²) in [4.78, 5) is 3.97. The van der Waals surface area contributed by atoms with Gasteiger partial charge in [0.2, 0.25) is 0 Å². The second kappa shape index (κ2) is 3.23. The van der Waals surface area contributed by atoms with E-state index in [-0.39, 0.29) is 0 Å². The molecule has 66 valence electrons. The van der Waals surface area contributed by atoms with Gasteiger partial charge in [0.05, 0.1) is 6.33 Å². The van der Waals surface area contributed by atoms with Crippen LogP contribution in [0.4, 0.5) is 0 Å². The quantitative estimate of drug-likeness (QED) is 0.680. The number of imidazole rings is 1. The highest BCUT2D eigenvalue weighted by atomic mass is 35.5. The van der Waals surface area contributed by atoms with Crippen molar-refractivity contribution in [2.45, 2.75) is 6.92 Å². The number of aryl methyl sites for hydroxylation is 1. The predicted octanol–water partition coefficient (Wildman–Crippen LogP) is 2.83. The van der Waals surface area contributed by atoms with Crippen LogP contribution in [-0.2, 0) is 0 Å². The maximum absolute atomic E-state index is 6.00. The predicted molar refractivity (Wildman–Crippen MR) is 53.3 cm³/mol. The van der Waals surface area contributed by atoms with Crippen LogP contribution in [0.1, 0.15) is 5.56 Å². The second-order valence-corrected chi connectivity index (χ2v) is 3.31. The zero-order valence-electron chi connectivity index (χ0n) is 7.24. The molecule has 0 aliphatic rings. The molecule has 0 saturated heterocycles. The smallest absolute Gasteiger partial charge is 0.0991 e. The highest BCUT2D eigenvalue weighted by molar-refractivity contribution is 6.31. The van der Waals surface area contributed by atoms with E-state index in [2.05, 4.69) is 4.98 Å². The molecule has 0 fully saturated rings. The van der Waals surface area contributed by atoms with Crippen LogP contribution in [0.2, 0.25) is 5.02 Å². The van der Waals surface area contributed by atoms with Crippen molar-refractivity contribution in [2.24, 2.45) is 0 Å². The molecule has 0 bridgehead atoms. The Morgan fingerprint density at radius 2 is 2.23 bits per heavy atom. The molecule has 0 radical (unpaired) electrons. The van der Waals surface area contributed by atoms with E-state index in [1.54, 1.807) is 12.5 Å². The summed E-state index contributed by atoms with van der Waals surface area (Å²) in [7, 11) is 0. The molecule has 3 heteroatoms. The first-order chi connectivity index (χ1) is 6.27. The van der Waals surface area contributed by atoms with Gasteiger partial charge in [0.15, 0.2) is 0 Å². The van der Waals surface area contributed by atoms with Crippen LogP contribution in [0.25, 0.3) is 5.69 Å². The molecule has 0 unspecified atom stereocenters. The van der Waals surface area contributed by atoms with Crippen molar-refractivity contribution in [1.82, 2.24) is 9.55 Å². The number of nitrogens with zero attached hydrogens (tertiary/aromatic N) is 2. The lowest BCUT2D eigenvalue weighted by atomic mass is 10.2. The molecular weight excluding hydrogens is 184 g/mol. The summed E-state index contributed by atoms with van der Waals surface area (Å²) in [6, 6.07) is 5.94. The van der Waals surface area contributed by atoms with Crippen molar-refractivity contribution in [2.75, 3.05) is 0 Å². The number of hydrogen-bond acceptors (Lipinski definition) is 1. The molecule has 1 aromatic heterocycles. The van der Waals surface area contributed by atoms with Crippen LogP contribution in [-0.4, -0.2) is 9.55 Å². The minimum Gasteiger partial charge on any atom is -0.306 e. The first kappa shape index (κ1) is 8.32. The molecule has 0 aliphatic carbocycles. The fourth-order valence-corrected chi connectivity index (χ4v) is 1.33. The molecule has 0 aliphatic heterocycles. The van der Waals surface area contributed by atoms with Gasteiger partial charge in [-0.15, -0.1) is 0 Å². The van der Waals surface area contributed by atoms with Gasteiger partial charge in [-0.2, -0.15) is 0 Å². The van der Waals surface area contributed by atoms with Gasteiger partial charge in [-0.1, -0.05) is 17.7 Å². The summed E-state index contributed by atoms with van der Waals surface area (Å²) in [6.07, 6.45) is 5.38. The average molecular weight is 193 g/mol. The maximum Gasteiger partial charge on any atom is 0.0991 e. The Morgan fingerprint density at radius 3 is 2.85 bits per heavy atom. The third-order valence-corrected chi connectivity index (χ3v) is 2.37. The monoisotopic (exact) mass is 192 g/mol. The lowest BCUT2D eigenvalue weighted by Crippen LogP contribution is -1.89. The summed E-state index contributed by atoms with van der Waals surface area (Å²) < 4.78 is 1.92. The van der Waals surface area contributed by atoms with E-state index < -0.39 is 0 Å². The average Bonchev–Trinajstić information content (AvgIpc) is 2.62. The maximum atomic E-state index is 6.00. The SMILES string of the molecule is Cc1ccc(-n2ccnc2)cc1Cl. The first-order valence-electron chi connectivity index (χ1n) is 4.02. The zero-order valence-corrected chi connectivity index (χ0v) is 7.99. The Bertz CT molecular complexity index is 407. The third-order valence-electron chi connectivity index (χ3n) is 1.96. The van der Waals surface area contributed by atoms with Crippen molar-refractivity contribution >= 4 is 11.6 Å². The Hall–Kier alpha value is -1.28. The lowest BCUT2D eigenvalue weighted by molar-refractivity contribution is 1.06. The number of benzene rings is 1. The minimum atomic E-state index is 0.784. The molecule has 13 heavy (non-hydrogen) atoms. The van der Waals surface area contributed by atoms with Crippen molar-refractivity contribution in [1.29, 1.82) is 0 Å². The number of hydrogen-bond donors (Lipinski definition) is 0. The van der Waals surface area contributed by atoms with Crippen molar-refractivity contribution in [3.63, 3.8) is 0 Å². The van der Waals surface area contributed by atoms with Crippen molar-refractivity contribution < 1.29 is 0 Å². The highest BCUT2D eigenvalue weighted by Gasteiger charge is 1.98. The first-order valence-corrected chi connectivity index (χ1v) is 4.39. The van der Waals surface area contributed by atoms with Gasteiger partial charge in [-0.3, -0.25) is 0 Å². The van der Waals surface area contributed by atoms with Gasteiger partial charge in [0, 0.05) is 23.1 Å². The van der Waals surface area contributed by atoms with Gasteiger partial charge in [-0.05, 0) is 24.6 Å². The van der Waals surface area contributed by atoms with Crippen LogP contribution in [0.3, 0.4) is 0 Å². The molecular formula is C10H9ClN2. The summed E-state index contributed by atoms with van der Waals surface area (Å²) in [5.41, 5.74) is 2.12. The molecule has 0 saturated carbocycles. The standard InChI is InChI=1S/C10H9ClN2/c1-8-2-3-9(6-10(8)11)13-5-4-12-7-13/h2-7H,1H3. The highest BCUT2D eigenvalue weighted by Crippen LogP contribution is 2.18. The molecule has 0 atom stereocenters. The Morgan fingerprint density at radius 1 is 1.38 bits per heavy atom. The van der Waals surface area contributed by atoms with E-state index in [0.29, 0.717) is 0 Å². The fraction of sp³-hybridized carbons (Fsp3) is 0.100. The van der Waals surface area contributed by atoms with E-state index >= 15 is 0 Å². The van der Waals surface area contributed by atoms with Gasteiger partial charge in [0.1, 0.15) is 0 Å². The van der Waals surface area contributed by atoms with Gasteiger partial charge >= 0.3 is 0 Å². The van der Waals surface area contributed by atoms with Crippen LogP contribution in [0, 0.1) is 6.92 Å². The van der Waals surface area contributed by atoms with Crippen LogP contribution in [0.15, 0.2) is 36.9 Å². The molecule has 0 amide bonds. The fourth-order valence-electron chi connectivity index (χ4n) is 1.15. The van der Waals surface area contributed by atoms with Gasteiger partial charge in [0.25, 0.3) is 0 Å². The van der Waals surface area contributed by atoms with Crippen LogP contribution < -0.4 is 0 Å². The minimum absolute atomic E-state index is 0.784. The number of halogens is 1. The summed E-state index contributed by atoms with van der Waals surface area (Å²) in [6.45, 7) is 1.99. The molecule has 2 aromatic rings. The Labute approximate surface area is 81.8 Å². The molecule has 0 spiro atoms. The second-order valence-electron chi connectivity index (χ2n) is 2.90. The molecule has 2 nitrogen and oxygen atoms in total. The summed E-state index contributed by atoms with van der Waals surface area (Å²) in [5.74, 6) is 0. The molecule has 1 heterocycles. The Kier molecular flexibility index (Phi) is 2.07. The largest absolute Gasteiger partial charge is 0.306 e.